The van der Waals surface area contributed by atoms with Gasteiger partial charge in [-0.2, -0.15) is 13.2 Å². The molecular weight excluding hydrogens is 229 g/mol. The fraction of sp³-hybridized carbons (Fsp3) is 0.333. The number of halogens is 4. The molecule has 1 aromatic rings. The third-order valence-electron chi connectivity index (χ3n) is 1.78. The Morgan fingerprint density at radius 2 is 1.73 bits per heavy atom. The summed E-state index contributed by atoms with van der Waals surface area (Å²) < 4.78 is 36.9. The average molecular weight is 241 g/mol. The SMILES string of the molecule is Cl.NCCc1cc(N)cc(C(F)(F)F)c1. The molecule has 2 nitrogen and oxygen atoms in total. The van der Waals surface area contributed by atoms with Gasteiger partial charge in [-0.3, -0.25) is 0 Å². The Bertz CT molecular complexity index is 326. The highest BCUT2D eigenvalue weighted by Gasteiger charge is 2.30. The monoisotopic (exact) mass is 240 g/mol. The highest BCUT2D eigenvalue weighted by Crippen LogP contribution is 2.31. The van der Waals surface area contributed by atoms with Gasteiger partial charge in [-0.1, -0.05) is 0 Å². The molecule has 0 saturated heterocycles. The lowest BCUT2D eigenvalue weighted by molar-refractivity contribution is -0.137. The van der Waals surface area contributed by atoms with Crippen molar-refractivity contribution in [2.24, 2.45) is 5.73 Å². The van der Waals surface area contributed by atoms with Gasteiger partial charge in [0.05, 0.1) is 5.56 Å². The van der Waals surface area contributed by atoms with Gasteiger partial charge in [0.2, 0.25) is 0 Å². The molecule has 1 rings (SSSR count). The molecule has 0 fully saturated rings. The Labute approximate surface area is 91.9 Å². The van der Waals surface area contributed by atoms with E-state index in [0.717, 1.165) is 12.1 Å². The van der Waals surface area contributed by atoms with Gasteiger partial charge in [0.25, 0.3) is 0 Å². The van der Waals surface area contributed by atoms with E-state index >= 15 is 0 Å². The van der Waals surface area contributed by atoms with Crippen LogP contribution in [0.1, 0.15) is 11.1 Å². The van der Waals surface area contributed by atoms with E-state index in [1.54, 1.807) is 0 Å². The van der Waals surface area contributed by atoms with Crippen LogP contribution in [0.25, 0.3) is 0 Å². The molecule has 86 valence electrons. The van der Waals surface area contributed by atoms with Crippen molar-refractivity contribution in [1.29, 1.82) is 0 Å². The number of nitrogen functional groups attached to an aromatic ring is 1. The predicted molar refractivity (Wildman–Crippen MR) is 55.9 cm³/mol. The summed E-state index contributed by atoms with van der Waals surface area (Å²) in [5, 5.41) is 0. The number of alkyl halides is 3. The molecule has 0 aliphatic carbocycles. The molecule has 0 atom stereocenters. The molecule has 0 bridgehead atoms. The summed E-state index contributed by atoms with van der Waals surface area (Å²) in [4.78, 5) is 0. The normalized spacial score (nSPS) is 10.9. The van der Waals surface area contributed by atoms with E-state index in [9.17, 15) is 13.2 Å². The van der Waals surface area contributed by atoms with Crippen molar-refractivity contribution in [3.63, 3.8) is 0 Å². The smallest absolute Gasteiger partial charge is 0.399 e. The Kier molecular flexibility index (Phi) is 4.90. The van der Waals surface area contributed by atoms with Crippen LogP contribution < -0.4 is 11.5 Å². The Hall–Kier alpha value is -0.940. The van der Waals surface area contributed by atoms with E-state index in [1.165, 1.54) is 6.07 Å². The maximum absolute atomic E-state index is 12.3. The quantitative estimate of drug-likeness (QED) is 0.779. The van der Waals surface area contributed by atoms with Crippen LogP contribution in [-0.2, 0) is 12.6 Å². The maximum atomic E-state index is 12.3. The first-order chi connectivity index (χ1) is 6.43. The van der Waals surface area contributed by atoms with E-state index < -0.39 is 11.7 Å². The van der Waals surface area contributed by atoms with Crippen molar-refractivity contribution in [2.45, 2.75) is 12.6 Å². The fourth-order valence-corrected chi connectivity index (χ4v) is 1.19. The highest BCUT2D eigenvalue weighted by atomic mass is 35.5. The van der Waals surface area contributed by atoms with Crippen molar-refractivity contribution in [2.75, 3.05) is 12.3 Å². The highest BCUT2D eigenvalue weighted by molar-refractivity contribution is 5.85. The Morgan fingerprint density at radius 1 is 1.13 bits per heavy atom. The lowest BCUT2D eigenvalue weighted by atomic mass is 10.1. The minimum atomic E-state index is -4.35. The zero-order valence-electron chi connectivity index (χ0n) is 7.84. The summed E-state index contributed by atoms with van der Waals surface area (Å²) in [5.74, 6) is 0. The second-order valence-electron chi connectivity index (χ2n) is 3.00. The second-order valence-corrected chi connectivity index (χ2v) is 3.00. The summed E-state index contributed by atoms with van der Waals surface area (Å²) in [6.45, 7) is 0.306. The number of hydrogen-bond acceptors (Lipinski definition) is 2. The van der Waals surface area contributed by atoms with Crippen molar-refractivity contribution in [3.05, 3.63) is 29.3 Å². The van der Waals surface area contributed by atoms with E-state index in [0.29, 0.717) is 18.5 Å². The molecule has 0 heterocycles. The van der Waals surface area contributed by atoms with E-state index in [-0.39, 0.29) is 18.1 Å². The predicted octanol–water partition coefficient (Wildman–Crippen LogP) is 2.21. The van der Waals surface area contributed by atoms with Gasteiger partial charge in [-0.25, -0.2) is 0 Å². The molecule has 0 aliphatic rings. The number of benzene rings is 1. The number of rotatable bonds is 2. The molecule has 0 unspecified atom stereocenters. The van der Waals surface area contributed by atoms with Gasteiger partial charge in [0.15, 0.2) is 0 Å². The van der Waals surface area contributed by atoms with Gasteiger partial charge in [0.1, 0.15) is 0 Å². The van der Waals surface area contributed by atoms with Gasteiger partial charge >= 0.3 is 6.18 Å². The zero-order chi connectivity index (χ0) is 10.8. The van der Waals surface area contributed by atoms with Crippen LogP contribution >= 0.6 is 12.4 Å². The molecule has 6 heteroatoms. The molecule has 15 heavy (non-hydrogen) atoms. The Morgan fingerprint density at radius 3 is 2.20 bits per heavy atom. The first-order valence-corrected chi connectivity index (χ1v) is 4.10. The van der Waals surface area contributed by atoms with E-state index in [1.807, 2.05) is 0 Å². The molecular formula is C9H12ClF3N2. The lowest BCUT2D eigenvalue weighted by Crippen LogP contribution is -2.09. The zero-order valence-corrected chi connectivity index (χ0v) is 8.66. The largest absolute Gasteiger partial charge is 0.416 e. The van der Waals surface area contributed by atoms with Gasteiger partial charge in [-0.05, 0) is 36.7 Å². The van der Waals surface area contributed by atoms with Crippen molar-refractivity contribution >= 4 is 18.1 Å². The third kappa shape index (κ3) is 3.97. The molecule has 0 saturated carbocycles. The van der Waals surface area contributed by atoms with Crippen LogP contribution in [0.5, 0.6) is 0 Å². The van der Waals surface area contributed by atoms with Crippen molar-refractivity contribution in [1.82, 2.24) is 0 Å². The van der Waals surface area contributed by atoms with Gasteiger partial charge in [-0.15, -0.1) is 12.4 Å². The summed E-state index contributed by atoms with van der Waals surface area (Å²) in [6, 6.07) is 3.49. The number of nitrogens with two attached hydrogens (primary N) is 2. The summed E-state index contributed by atoms with van der Waals surface area (Å²) in [7, 11) is 0. The van der Waals surface area contributed by atoms with Crippen LogP contribution in [-0.4, -0.2) is 6.54 Å². The van der Waals surface area contributed by atoms with Crippen molar-refractivity contribution in [3.8, 4) is 0 Å². The molecule has 4 N–H and O–H groups in total. The summed E-state index contributed by atoms with van der Waals surface area (Å²) in [6.07, 6.45) is -3.95. The van der Waals surface area contributed by atoms with Crippen LogP contribution in [0, 0.1) is 0 Å². The van der Waals surface area contributed by atoms with Crippen LogP contribution in [0.3, 0.4) is 0 Å². The number of anilines is 1. The van der Waals surface area contributed by atoms with Crippen LogP contribution in [0.4, 0.5) is 18.9 Å². The fourth-order valence-electron chi connectivity index (χ4n) is 1.19. The van der Waals surface area contributed by atoms with Gasteiger partial charge in [0, 0.05) is 5.69 Å². The summed E-state index contributed by atoms with van der Waals surface area (Å²) in [5.41, 5.74) is 10.5. The molecule has 0 amide bonds. The Balaban J connectivity index is 0.00000196. The van der Waals surface area contributed by atoms with Crippen LogP contribution in [0.15, 0.2) is 18.2 Å². The van der Waals surface area contributed by atoms with E-state index in [2.05, 4.69) is 0 Å². The minimum Gasteiger partial charge on any atom is -0.399 e. The summed E-state index contributed by atoms with van der Waals surface area (Å²) >= 11 is 0. The molecule has 0 aliphatic heterocycles. The standard InChI is InChI=1S/C9H11F3N2.ClH/c10-9(11,12)7-3-6(1-2-13)4-8(14)5-7;/h3-5H,1-2,13-14H2;1H. The maximum Gasteiger partial charge on any atom is 0.416 e. The minimum absolute atomic E-state index is 0. The molecule has 0 spiro atoms. The topological polar surface area (TPSA) is 52.0 Å². The molecule has 0 aromatic heterocycles. The average Bonchev–Trinajstić information content (AvgIpc) is 2.02. The van der Waals surface area contributed by atoms with Crippen LogP contribution in [0.2, 0.25) is 0 Å². The van der Waals surface area contributed by atoms with E-state index in [4.69, 9.17) is 11.5 Å². The van der Waals surface area contributed by atoms with Gasteiger partial charge < -0.3 is 11.5 Å². The first kappa shape index (κ1) is 14.1. The number of hydrogen-bond donors (Lipinski definition) is 2. The van der Waals surface area contributed by atoms with Crippen molar-refractivity contribution < 1.29 is 13.2 Å². The lowest BCUT2D eigenvalue weighted by Gasteiger charge is -2.09. The molecule has 1 aromatic carbocycles. The second kappa shape index (κ2) is 5.23. The molecule has 0 radical (unpaired) electrons. The first-order valence-electron chi connectivity index (χ1n) is 4.10. The third-order valence-corrected chi connectivity index (χ3v) is 1.78.